The van der Waals surface area contributed by atoms with E-state index in [1.165, 1.54) is 24.2 Å². The number of aromatic amines is 1. The Labute approximate surface area is 173 Å². The summed E-state index contributed by atoms with van der Waals surface area (Å²) in [5.74, 6) is 0.913. The number of nitrogens with zero attached hydrogens (tertiary/aromatic N) is 3. The summed E-state index contributed by atoms with van der Waals surface area (Å²) in [7, 11) is 1.75. The molecule has 9 heteroatoms. The van der Waals surface area contributed by atoms with Crippen molar-refractivity contribution in [1.29, 1.82) is 0 Å². The first-order valence-electron chi connectivity index (χ1n) is 10.5. The maximum absolute atomic E-state index is 12.3. The van der Waals surface area contributed by atoms with Crippen molar-refractivity contribution < 1.29 is 14.3 Å². The minimum absolute atomic E-state index is 0.0418. The maximum Gasteiger partial charge on any atom is 0.316 e. The lowest BCUT2D eigenvalue weighted by atomic mass is 9.87. The SMILES string of the molecule is COC1CCC(c2nc(SCC(=O)OC3CCCCC3)n3[nH]c(=O)cc3n2)CC1. The topological polar surface area (TPSA) is 98.6 Å². The number of esters is 1. The van der Waals surface area contributed by atoms with Crippen molar-refractivity contribution in [3.63, 3.8) is 0 Å². The van der Waals surface area contributed by atoms with Crippen LogP contribution in [0.15, 0.2) is 16.0 Å². The Balaban J connectivity index is 1.47. The van der Waals surface area contributed by atoms with Gasteiger partial charge in [-0.25, -0.2) is 14.5 Å². The lowest BCUT2D eigenvalue weighted by Gasteiger charge is -2.26. The van der Waals surface area contributed by atoms with Crippen LogP contribution in [0.5, 0.6) is 0 Å². The van der Waals surface area contributed by atoms with Crippen molar-refractivity contribution >= 4 is 23.4 Å². The first kappa shape index (κ1) is 20.4. The third-order valence-electron chi connectivity index (χ3n) is 5.88. The molecule has 0 radical (unpaired) electrons. The molecule has 158 valence electrons. The molecule has 29 heavy (non-hydrogen) atoms. The zero-order valence-corrected chi connectivity index (χ0v) is 17.6. The highest BCUT2D eigenvalue weighted by molar-refractivity contribution is 7.99. The lowest BCUT2D eigenvalue weighted by Crippen LogP contribution is -2.22. The average molecular weight is 421 g/mol. The number of methoxy groups -OCH3 is 1. The number of carbonyl (C=O) groups is 1. The molecule has 0 aromatic carbocycles. The monoisotopic (exact) mass is 420 g/mol. The number of carbonyl (C=O) groups excluding carboxylic acids is 1. The fourth-order valence-corrected chi connectivity index (χ4v) is 5.00. The van der Waals surface area contributed by atoms with Crippen molar-refractivity contribution in [2.45, 2.75) is 81.1 Å². The molecule has 8 nitrogen and oxygen atoms in total. The number of ether oxygens (including phenoxy) is 2. The van der Waals surface area contributed by atoms with Crippen molar-refractivity contribution in [3.05, 3.63) is 22.2 Å². The lowest BCUT2D eigenvalue weighted by molar-refractivity contribution is -0.147. The Morgan fingerprint density at radius 3 is 2.62 bits per heavy atom. The highest BCUT2D eigenvalue weighted by Crippen LogP contribution is 2.33. The van der Waals surface area contributed by atoms with Gasteiger partial charge in [0.05, 0.1) is 11.9 Å². The van der Waals surface area contributed by atoms with E-state index in [4.69, 9.17) is 14.5 Å². The van der Waals surface area contributed by atoms with Crippen LogP contribution in [0, 0.1) is 0 Å². The summed E-state index contributed by atoms with van der Waals surface area (Å²) in [4.78, 5) is 33.5. The highest BCUT2D eigenvalue weighted by atomic mass is 32.2. The Hall–Kier alpha value is -1.87. The van der Waals surface area contributed by atoms with E-state index < -0.39 is 0 Å². The molecular weight excluding hydrogens is 392 g/mol. The smallest absolute Gasteiger partial charge is 0.316 e. The number of rotatable bonds is 6. The summed E-state index contributed by atoms with van der Waals surface area (Å²) >= 11 is 1.29. The molecule has 0 unspecified atom stereocenters. The van der Waals surface area contributed by atoms with Crippen LogP contribution in [-0.2, 0) is 14.3 Å². The van der Waals surface area contributed by atoms with E-state index in [9.17, 15) is 9.59 Å². The van der Waals surface area contributed by atoms with E-state index in [0.29, 0.717) is 16.9 Å². The van der Waals surface area contributed by atoms with Crippen LogP contribution < -0.4 is 5.56 Å². The largest absolute Gasteiger partial charge is 0.462 e. The van der Waals surface area contributed by atoms with Crippen molar-refractivity contribution in [2.24, 2.45) is 0 Å². The van der Waals surface area contributed by atoms with Gasteiger partial charge in [0.15, 0.2) is 10.8 Å². The van der Waals surface area contributed by atoms with E-state index in [0.717, 1.165) is 57.2 Å². The van der Waals surface area contributed by atoms with Crippen molar-refractivity contribution in [2.75, 3.05) is 12.9 Å². The van der Waals surface area contributed by atoms with Gasteiger partial charge in [-0.2, -0.15) is 0 Å². The summed E-state index contributed by atoms with van der Waals surface area (Å²) in [6.07, 6.45) is 9.58. The fraction of sp³-hybridized carbons (Fsp3) is 0.700. The van der Waals surface area contributed by atoms with Crippen LogP contribution in [0.4, 0.5) is 0 Å². The summed E-state index contributed by atoms with van der Waals surface area (Å²) in [5, 5.41) is 3.29. The molecule has 2 heterocycles. The molecule has 0 aliphatic heterocycles. The number of fused-ring (bicyclic) bond motifs is 1. The molecule has 2 saturated carbocycles. The molecule has 2 aliphatic carbocycles. The van der Waals surface area contributed by atoms with Gasteiger partial charge in [-0.3, -0.25) is 14.7 Å². The van der Waals surface area contributed by atoms with E-state index in [1.54, 1.807) is 11.6 Å². The third kappa shape index (κ3) is 5.01. The predicted molar refractivity (Wildman–Crippen MR) is 109 cm³/mol. The molecular formula is C20H28N4O4S. The molecule has 4 rings (SSSR count). The van der Waals surface area contributed by atoms with Crippen LogP contribution in [-0.4, -0.2) is 50.6 Å². The molecule has 2 aliphatic rings. The van der Waals surface area contributed by atoms with Crippen LogP contribution in [0.2, 0.25) is 0 Å². The van der Waals surface area contributed by atoms with Gasteiger partial charge in [-0.15, -0.1) is 0 Å². The minimum Gasteiger partial charge on any atom is -0.462 e. The third-order valence-corrected chi connectivity index (χ3v) is 6.80. The molecule has 2 aromatic heterocycles. The Morgan fingerprint density at radius 2 is 1.90 bits per heavy atom. The van der Waals surface area contributed by atoms with Gasteiger partial charge in [-0.1, -0.05) is 18.2 Å². The van der Waals surface area contributed by atoms with Gasteiger partial charge in [-0.05, 0) is 51.4 Å². The molecule has 0 bridgehead atoms. The molecule has 0 atom stereocenters. The van der Waals surface area contributed by atoms with Gasteiger partial charge >= 0.3 is 5.97 Å². The fourth-order valence-electron chi connectivity index (χ4n) is 4.26. The van der Waals surface area contributed by atoms with E-state index in [-0.39, 0.29) is 29.3 Å². The molecule has 2 aromatic rings. The molecule has 0 saturated heterocycles. The zero-order valence-electron chi connectivity index (χ0n) is 16.8. The quantitative estimate of drug-likeness (QED) is 0.566. The van der Waals surface area contributed by atoms with Gasteiger partial charge < -0.3 is 9.47 Å². The second-order valence-electron chi connectivity index (χ2n) is 7.93. The number of aromatic nitrogens is 4. The number of hydrogen-bond acceptors (Lipinski definition) is 7. The minimum atomic E-state index is -0.231. The van der Waals surface area contributed by atoms with Gasteiger partial charge in [0.1, 0.15) is 11.9 Å². The standard InChI is InChI=1S/C20H28N4O4S/c1-27-14-9-7-13(8-10-14)19-21-16-11-17(25)23-24(16)20(22-19)29-12-18(26)28-15-5-3-2-4-6-15/h11,13-15H,2-10,12H2,1H3,(H,23,25). The Kier molecular flexibility index (Phi) is 6.54. The summed E-state index contributed by atoms with van der Waals surface area (Å²) in [6.45, 7) is 0. The molecule has 0 spiro atoms. The molecule has 1 N–H and O–H groups in total. The zero-order chi connectivity index (χ0) is 20.2. The maximum atomic E-state index is 12.3. The summed E-state index contributed by atoms with van der Waals surface area (Å²) in [6, 6.07) is 1.47. The number of hydrogen-bond donors (Lipinski definition) is 1. The second kappa shape index (κ2) is 9.30. The number of thioether (sulfide) groups is 1. The Morgan fingerprint density at radius 1 is 1.14 bits per heavy atom. The van der Waals surface area contributed by atoms with E-state index in [1.807, 2.05) is 0 Å². The first-order valence-corrected chi connectivity index (χ1v) is 11.5. The first-order chi connectivity index (χ1) is 14.1. The van der Waals surface area contributed by atoms with Crippen LogP contribution in [0.25, 0.3) is 5.65 Å². The number of H-pyrrole nitrogens is 1. The van der Waals surface area contributed by atoms with Gasteiger partial charge in [0, 0.05) is 19.1 Å². The van der Waals surface area contributed by atoms with Crippen molar-refractivity contribution in [3.8, 4) is 0 Å². The highest BCUT2D eigenvalue weighted by Gasteiger charge is 2.26. The Bertz CT molecular complexity index is 898. The van der Waals surface area contributed by atoms with Gasteiger partial charge in [0.2, 0.25) is 0 Å². The van der Waals surface area contributed by atoms with Crippen molar-refractivity contribution in [1.82, 2.24) is 19.6 Å². The summed E-state index contributed by atoms with van der Waals surface area (Å²) < 4.78 is 12.6. The van der Waals surface area contributed by atoms with E-state index >= 15 is 0 Å². The van der Waals surface area contributed by atoms with Crippen LogP contribution in [0.1, 0.15) is 69.5 Å². The number of nitrogens with one attached hydrogen (secondary N) is 1. The molecule has 0 amide bonds. The van der Waals surface area contributed by atoms with Gasteiger partial charge in [0.25, 0.3) is 5.56 Å². The summed E-state index contributed by atoms with van der Waals surface area (Å²) in [5.41, 5.74) is 0.309. The predicted octanol–water partition coefficient (Wildman–Crippen LogP) is 3.06. The normalized spacial score (nSPS) is 23.3. The average Bonchev–Trinajstić information content (AvgIpc) is 3.13. The van der Waals surface area contributed by atoms with Crippen LogP contribution >= 0.6 is 11.8 Å². The molecule has 2 fully saturated rings. The van der Waals surface area contributed by atoms with E-state index in [2.05, 4.69) is 10.1 Å². The second-order valence-corrected chi connectivity index (χ2v) is 8.87. The van der Waals surface area contributed by atoms with Crippen LogP contribution in [0.3, 0.4) is 0 Å².